The molecule has 0 aliphatic rings. The second-order valence-electron chi connectivity index (χ2n) is 19.5. The fourth-order valence-electron chi connectivity index (χ4n) is 9.32. The predicted octanol–water partition coefficient (Wildman–Crippen LogP) is 21.1. The molecule has 2 heteroatoms. The molecule has 0 fully saturated rings. The third-order valence-electron chi connectivity index (χ3n) is 13.5. The fraction of sp³-hybridized carbons (Fsp3) is 0.879. The zero-order valence-electron chi connectivity index (χ0n) is 41.1. The molecule has 1 aromatic rings. The number of unbranched alkanes of at least 4 members (excludes halogenated alkanes) is 48. The summed E-state index contributed by atoms with van der Waals surface area (Å²) in [6.07, 6.45) is 71.3. The van der Waals surface area contributed by atoms with Crippen LogP contribution < -0.4 is 4.74 Å². The van der Waals surface area contributed by atoms with E-state index in [1.807, 2.05) is 30.3 Å². The van der Waals surface area contributed by atoms with Crippen molar-refractivity contribution in [2.24, 2.45) is 0 Å². The minimum atomic E-state index is -0.0985. The largest absolute Gasteiger partial charge is 0.427 e. The molecular formula is C58H108O2. The standard InChI is InChI=1S/C58H108O2/c1-2-3-4-5-6-7-8-9-10-11-12-13-14-15-16-17-18-19-20-21-22-23-24-25-26-27-28-29-30-31-32-33-34-35-36-37-38-39-40-41-42-43-44-45-46-47-48-49-53-56-58(59)60-57-54-51-50-52-55-57/h50-52,54-55H,2-49,53,56H2,1H3. The molecular weight excluding hydrogens is 729 g/mol. The molecule has 0 radical (unpaired) electrons. The predicted molar refractivity (Wildman–Crippen MR) is 269 cm³/mol. The van der Waals surface area contributed by atoms with Crippen molar-refractivity contribution in [1.29, 1.82) is 0 Å². The Hall–Kier alpha value is -1.31. The number of benzene rings is 1. The van der Waals surface area contributed by atoms with Gasteiger partial charge in [0.1, 0.15) is 5.75 Å². The van der Waals surface area contributed by atoms with Crippen LogP contribution in [0.25, 0.3) is 0 Å². The molecule has 352 valence electrons. The van der Waals surface area contributed by atoms with Gasteiger partial charge >= 0.3 is 5.97 Å². The zero-order valence-corrected chi connectivity index (χ0v) is 41.1. The molecule has 60 heavy (non-hydrogen) atoms. The van der Waals surface area contributed by atoms with Crippen LogP contribution in [0.2, 0.25) is 0 Å². The van der Waals surface area contributed by atoms with E-state index in [0.717, 1.165) is 12.8 Å². The van der Waals surface area contributed by atoms with E-state index in [0.29, 0.717) is 12.2 Å². The van der Waals surface area contributed by atoms with Gasteiger partial charge in [0.2, 0.25) is 0 Å². The molecule has 0 saturated carbocycles. The number of hydrogen-bond acceptors (Lipinski definition) is 2. The van der Waals surface area contributed by atoms with Gasteiger partial charge in [-0.05, 0) is 18.6 Å². The van der Waals surface area contributed by atoms with Crippen molar-refractivity contribution >= 4 is 5.97 Å². The Morgan fingerprint density at radius 2 is 0.467 bits per heavy atom. The van der Waals surface area contributed by atoms with E-state index in [-0.39, 0.29) is 5.97 Å². The highest BCUT2D eigenvalue weighted by Crippen LogP contribution is 2.19. The van der Waals surface area contributed by atoms with E-state index in [4.69, 9.17) is 4.74 Å². The Morgan fingerprint density at radius 3 is 0.667 bits per heavy atom. The molecule has 0 spiro atoms. The lowest BCUT2D eigenvalue weighted by Crippen LogP contribution is -2.07. The second-order valence-corrected chi connectivity index (χ2v) is 19.5. The van der Waals surface area contributed by atoms with Gasteiger partial charge in [-0.25, -0.2) is 0 Å². The smallest absolute Gasteiger partial charge is 0.311 e. The molecule has 2 nitrogen and oxygen atoms in total. The Kier molecular flexibility index (Phi) is 47.6. The summed E-state index contributed by atoms with van der Waals surface area (Å²) in [5.74, 6) is 0.559. The Balaban J connectivity index is 1.61. The minimum absolute atomic E-state index is 0.0985. The van der Waals surface area contributed by atoms with Crippen molar-refractivity contribution in [2.45, 2.75) is 328 Å². The van der Waals surface area contributed by atoms with Gasteiger partial charge < -0.3 is 4.74 Å². The van der Waals surface area contributed by atoms with Gasteiger partial charge in [0.05, 0.1) is 0 Å². The lowest BCUT2D eigenvalue weighted by molar-refractivity contribution is -0.134. The normalized spacial score (nSPS) is 11.5. The minimum Gasteiger partial charge on any atom is -0.427 e. The molecule has 1 aromatic carbocycles. The van der Waals surface area contributed by atoms with Crippen molar-refractivity contribution in [3.05, 3.63) is 30.3 Å². The summed E-state index contributed by atoms with van der Waals surface area (Å²) in [6.45, 7) is 2.31. The van der Waals surface area contributed by atoms with Crippen LogP contribution >= 0.6 is 0 Å². The summed E-state index contributed by atoms with van der Waals surface area (Å²) >= 11 is 0. The van der Waals surface area contributed by atoms with E-state index < -0.39 is 0 Å². The average molecular weight is 837 g/mol. The van der Waals surface area contributed by atoms with Crippen LogP contribution in [0.15, 0.2) is 30.3 Å². The van der Waals surface area contributed by atoms with Crippen LogP contribution in [0.1, 0.15) is 328 Å². The van der Waals surface area contributed by atoms with E-state index in [2.05, 4.69) is 6.92 Å². The SMILES string of the molecule is CCCCCCCCCCCCCCCCCCCCCCCCCCCCCCCCCCCCCCCCCCCCCCCCCCCC(=O)Oc1ccccc1. The molecule has 0 aromatic heterocycles. The third-order valence-corrected chi connectivity index (χ3v) is 13.5. The summed E-state index contributed by atoms with van der Waals surface area (Å²) < 4.78 is 5.36. The summed E-state index contributed by atoms with van der Waals surface area (Å²) in [5, 5.41) is 0. The number of esters is 1. The summed E-state index contributed by atoms with van der Waals surface area (Å²) in [5.41, 5.74) is 0. The van der Waals surface area contributed by atoms with Crippen LogP contribution in [0.5, 0.6) is 5.75 Å². The van der Waals surface area contributed by atoms with Crippen molar-refractivity contribution in [3.8, 4) is 5.75 Å². The number of hydrogen-bond donors (Lipinski definition) is 0. The molecule has 0 N–H and O–H groups in total. The third kappa shape index (κ3) is 46.2. The maximum absolute atomic E-state index is 11.9. The van der Waals surface area contributed by atoms with Crippen molar-refractivity contribution in [2.75, 3.05) is 0 Å². The lowest BCUT2D eigenvalue weighted by Gasteiger charge is -2.05. The van der Waals surface area contributed by atoms with E-state index in [1.165, 1.54) is 302 Å². The van der Waals surface area contributed by atoms with Crippen molar-refractivity contribution in [3.63, 3.8) is 0 Å². The van der Waals surface area contributed by atoms with E-state index in [1.54, 1.807) is 0 Å². The first-order valence-corrected chi connectivity index (χ1v) is 28.1. The van der Waals surface area contributed by atoms with E-state index >= 15 is 0 Å². The first-order chi connectivity index (χ1) is 29.8. The van der Waals surface area contributed by atoms with Crippen LogP contribution in [-0.2, 0) is 4.79 Å². The maximum atomic E-state index is 11.9. The van der Waals surface area contributed by atoms with Crippen LogP contribution in [0.3, 0.4) is 0 Å². The number of carbonyl (C=O) groups excluding carboxylic acids is 1. The molecule has 1 rings (SSSR count). The highest BCUT2D eigenvalue weighted by atomic mass is 16.5. The molecule has 0 aliphatic heterocycles. The number of ether oxygens (including phenoxy) is 1. The van der Waals surface area contributed by atoms with Crippen LogP contribution in [0, 0.1) is 0 Å². The number of rotatable bonds is 51. The van der Waals surface area contributed by atoms with Crippen molar-refractivity contribution < 1.29 is 9.53 Å². The molecule has 0 amide bonds. The van der Waals surface area contributed by atoms with Gasteiger partial charge in [0.15, 0.2) is 0 Å². The number of carbonyl (C=O) groups is 1. The van der Waals surface area contributed by atoms with Crippen LogP contribution in [-0.4, -0.2) is 5.97 Å². The lowest BCUT2D eigenvalue weighted by atomic mass is 10.0. The van der Waals surface area contributed by atoms with Crippen LogP contribution in [0.4, 0.5) is 0 Å². The van der Waals surface area contributed by atoms with Gasteiger partial charge in [0, 0.05) is 6.42 Å². The van der Waals surface area contributed by atoms with Gasteiger partial charge in [-0.2, -0.15) is 0 Å². The highest BCUT2D eigenvalue weighted by molar-refractivity contribution is 5.72. The molecule has 0 aliphatic carbocycles. The Bertz CT molecular complexity index is 926. The molecule has 0 bridgehead atoms. The van der Waals surface area contributed by atoms with Gasteiger partial charge in [-0.15, -0.1) is 0 Å². The monoisotopic (exact) mass is 837 g/mol. The van der Waals surface area contributed by atoms with E-state index in [9.17, 15) is 4.79 Å². The van der Waals surface area contributed by atoms with Gasteiger partial charge in [0.25, 0.3) is 0 Å². The number of para-hydroxylation sites is 1. The first-order valence-electron chi connectivity index (χ1n) is 28.1. The summed E-state index contributed by atoms with van der Waals surface area (Å²) in [4.78, 5) is 11.9. The highest BCUT2D eigenvalue weighted by Gasteiger charge is 2.04. The zero-order chi connectivity index (χ0) is 42.8. The van der Waals surface area contributed by atoms with Crippen molar-refractivity contribution in [1.82, 2.24) is 0 Å². The van der Waals surface area contributed by atoms with Gasteiger partial charge in [-0.3, -0.25) is 4.79 Å². The molecule has 0 atom stereocenters. The fourth-order valence-corrected chi connectivity index (χ4v) is 9.32. The second kappa shape index (κ2) is 50.3. The summed E-state index contributed by atoms with van der Waals surface area (Å²) in [6, 6.07) is 9.41. The average Bonchev–Trinajstić information content (AvgIpc) is 3.26. The Morgan fingerprint density at radius 1 is 0.283 bits per heavy atom. The quantitative estimate of drug-likeness (QED) is 0.0371. The summed E-state index contributed by atoms with van der Waals surface area (Å²) in [7, 11) is 0. The molecule has 0 heterocycles. The first kappa shape index (κ1) is 56.7. The topological polar surface area (TPSA) is 26.3 Å². The molecule has 0 unspecified atom stereocenters. The molecule has 0 saturated heterocycles. The Labute approximate surface area is 378 Å². The van der Waals surface area contributed by atoms with Gasteiger partial charge in [-0.1, -0.05) is 333 Å². The maximum Gasteiger partial charge on any atom is 0.311 e.